The first kappa shape index (κ1) is 33.0. The maximum Gasteiger partial charge on any atom is 0.135 e. The molecule has 272 valence electrons. The van der Waals surface area contributed by atoms with Gasteiger partial charge in [0, 0.05) is 48.0 Å². The normalized spacial score (nSPS) is 13.0. The standard InChI is InChI=1S/C55H35NOS/c1-3-13-36(14-4-1)37-23-26-40(27-24-37)56(41-29-32-52-48(34-41)45-19-9-12-22-51(45)57-52)42-28-31-47-46-30-25-39(33-53(46)58-54(47)35-42)55(38-15-5-2-6-16-38)49-20-10-7-17-43(49)44-18-8-11-21-50(44)55/h1-35H. The lowest BCUT2D eigenvalue weighted by atomic mass is 9.67. The molecule has 0 bridgehead atoms. The van der Waals surface area contributed by atoms with Crippen LogP contribution in [0.2, 0.25) is 0 Å². The SMILES string of the molecule is c1ccc(-c2ccc(N(c3ccc4c(c3)sc3cc(C5(c6ccccc6)c6ccccc6-c6ccccc65)ccc34)c3ccc4oc5ccccc5c4c3)cc2)cc1. The molecular formula is C55H35NOS. The second-order valence-electron chi connectivity index (χ2n) is 15.2. The lowest BCUT2D eigenvalue weighted by Gasteiger charge is -2.33. The van der Waals surface area contributed by atoms with Gasteiger partial charge in [-0.3, -0.25) is 0 Å². The number of anilines is 3. The van der Waals surface area contributed by atoms with Crippen molar-refractivity contribution in [3.63, 3.8) is 0 Å². The van der Waals surface area contributed by atoms with Crippen LogP contribution in [0.25, 0.3) is 64.4 Å². The molecule has 0 amide bonds. The summed E-state index contributed by atoms with van der Waals surface area (Å²) in [4.78, 5) is 2.38. The van der Waals surface area contributed by atoms with Crippen LogP contribution in [0, 0.1) is 0 Å². The minimum Gasteiger partial charge on any atom is -0.456 e. The van der Waals surface area contributed by atoms with E-state index in [1.165, 1.54) is 64.7 Å². The number of para-hydroxylation sites is 1. The Kier molecular flexibility index (Phi) is 7.35. The monoisotopic (exact) mass is 757 g/mol. The van der Waals surface area contributed by atoms with Crippen molar-refractivity contribution in [2.75, 3.05) is 4.90 Å². The lowest BCUT2D eigenvalue weighted by Crippen LogP contribution is -2.28. The Morgan fingerprint density at radius 3 is 1.67 bits per heavy atom. The summed E-state index contributed by atoms with van der Waals surface area (Å²) >= 11 is 1.88. The van der Waals surface area contributed by atoms with Crippen LogP contribution in [0.4, 0.5) is 17.1 Å². The van der Waals surface area contributed by atoms with Crippen molar-refractivity contribution in [2.45, 2.75) is 5.41 Å². The number of rotatable bonds is 6. The highest BCUT2D eigenvalue weighted by Gasteiger charge is 2.46. The number of furan rings is 1. The molecular weight excluding hydrogens is 723 g/mol. The zero-order valence-electron chi connectivity index (χ0n) is 31.5. The fraction of sp³-hybridized carbons (Fsp3) is 0.0182. The van der Waals surface area contributed by atoms with E-state index in [1.807, 2.05) is 23.5 Å². The topological polar surface area (TPSA) is 16.4 Å². The van der Waals surface area contributed by atoms with Crippen molar-refractivity contribution < 1.29 is 4.42 Å². The van der Waals surface area contributed by atoms with E-state index < -0.39 is 5.41 Å². The summed E-state index contributed by atoms with van der Waals surface area (Å²) in [5.41, 5.74) is 14.9. The Labute approximate surface area is 340 Å². The molecule has 11 aromatic rings. The molecule has 2 nitrogen and oxygen atoms in total. The first-order chi connectivity index (χ1) is 28.7. The van der Waals surface area contributed by atoms with Crippen LogP contribution in [-0.4, -0.2) is 0 Å². The molecule has 0 saturated carbocycles. The van der Waals surface area contributed by atoms with Crippen LogP contribution < -0.4 is 4.90 Å². The van der Waals surface area contributed by atoms with Crippen molar-refractivity contribution in [2.24, 2.45) is 0 Å². The molecule has 1 aliphatic carbocycles. The van der Waals surface area contributed by atoms with Crippen LogP contribution in [0.3, 0.4) is 0 Å². The van der Waals surface area contributed by atoms with Gasteiger partial charge in [0.1, 0.15) is 11.2 Å². The Hall–Kier alpha value is -7.20. The maximum absolute atomic E-state index is 6.26. The highest BCUT2D eigenvalue weighted by molar-refractivity contribution is 7.25. The van der Waals surface area contributed by atoms with Gasteiger partial charge in [-0.1, -0.05) is 158 Å². The zero-order valence-corrected chi connectivity index (χ0v) is 32.3. The van der Waals surface area contributed by atoms with E-state index in [4.69, 9.17) is 4.42 Å². The van der Waals surface area contributed by atoms with Crippen LogP contribution in [-0.2, 0) is 5.41 Å². The Balaban J connectivity index is 1.03. The van der Waals surface area contributed by atoms with E-state index >= 15 is 0 Å². The van der Waals surface area contributed by atoms with Gasteiger partial charge in [0.05, 0.1) is 5.41 Å². The molecule has 2 aromatic heterocycles. The van der Waals surface area contributed by atoms with E-state index in [0.29, 0.717) is 0 Å². The van der Waals surface area contributed by atoms with Crippen LogP contribution >= 0.6 is 11.3 Å². The Morgan fingerprint density at radius 2 is 0.914 bits per heavy atom. The summed E-state index contributed by atoms with van der Waals surface area (Å²) in [6, 6.07) is 77.5. The third-order valence-corrected chi connectivity index (χ3v) is 13.3. The summed E-state index contributed by atoms with van der Waals surface area (Å²) in [7, 11) is 0. The molecule has 0 atom stereocenters. The minimum atomic E-state index is -0.428. The highest BCUT2D eigenvalue weighted by atomic mass is 32.1. The van der Waals surface area contributed by atoms with E-state index in [-0.39, 0.29) is 0 Å². The largest absolute Gasteiger partial charge is 0.456 e. The van der Waals surface area contributed by atoms with Crippen LogP contribution in [0.1, 0.15) is 22.3 Å². The second kappa shape index (κ2) is 12.9. The zero-order chi connectivity index (χ0) is 38.2. The molecule has 58 heavy (non-hydrogen) atoms. The molecule has 9 aromatic carbocycles. The Bertz CT molecular complexity index is 3300. The first-order valence-electron chi connectivity index (χ1n) is 19.8. The predicted molar refractivity (Wildman–Crippen MR) is 244 cm³/mol. The third kappa shape index (κ3) is 4.90. The molecule has 12 rings (SSSR count). The van der Waals surface area contributed by atoms with Gasteiger partial charge in [-0.2, -0.15) is 0 Å². The number of hydrogen-bond acceptors (Lipinski definition) is 3. The summed E-state index contributed by atoms with van der Waals surface area (Å²) in [5.74, 6) is 0. The van der Waals surface area contributed by atoms with Crippen LogP contribution in [0.5, 0.6) is 0 Å². The number of nitrogens with zero attached hydrogens (tertiary/aromatic N) is 1. The van der Waals surface area contributed by atoms with Crippen molar-refractivity contribution in [1.29, 1.82) is 0 Å². The van der Waals surface area contributed by atoms with Crippen molar-refractivity contribution >= 4 is 70.5 Å². The Morgan fingerprint density at radius 1 is 0.362 bits per heavy atom. The summed E-state index contributed by atoms with van der Waals surface area (Å²) in [6.07, 6.45) is 0. The number of thiophene rings is 1. The van der Waals surface area contributed by atoms with Gasteiger partial charge >= 0.3 is 0 Å². The molecule has 0 radical (unpaired) electrons. The molecule has 0 fully saturated rings. The van der Waals surface area contributed by atoms with E-state index in [2.05, 4.69) is 205 Å². The lowest BCUT2D eigenvalue weighted by molar-refractivity contribution is 0.669. The fourth-order valence-electron chi connectivity index (χ4n) is 9.58. The van der Waals surface area contributed by atoms with Gasteiger partial charge < -0.3 is 9.32 Å². The average Bonchev–Trinajstić information content (AvgIpc) is 3.95. The quantitative estimate of drug-likeness (QED) is 0.168. The second-order valence-corrected chi connectivity index (χ2v) is 16.3. The summed E-state index contributed by atoms with van der Waals surface area (Å²) in [6.45, 7) is 0. The van der Waals surface area contributed by atoms with Gasteiger partial charge in [0.25, 0.3) is 0 Å². The van der Waals surface area contributed by atoms with E-state index in [1.54, 1.807) is 0 Å². The maximum atomic E-state index is 6.26. The van der Waals surface area contributed by atoms with E-state index in [0.717, 1.165) is 39.0 Å². The van der Waals surface area contributed by atoms with Gasteiger partial charge in [-0.05, 0) is 99.1 Å². The van der Waals surface area contributed by atoms with E-state index in [9.17, 15) is 0 Å². The number of hydrogen-bond donors (Lipinski definition) is 0. The van der Waals surface area contributed by atoms with Gasteiger partial charge in [0.15, 0.2) is 0 Å². The number of benzene rings is 9. The molecule has 3 heteroatoms. The molecule has 2 heterocycles. The fourth-order valence-corrected chi connectivity index (χ4v) is 10.8. The molecule has 0 N–H and O–H groups in total. The molecule has 0 unspecified atom stereocenters. The molecule has 0 saturated heterocycles. The third-order valence-electron chi connectivity index (χ3n) is 12.2. The highest BCUT2D eigenvalue weighted by Crippen LogP contribution is 2.56. The predicted octanol–water partition coefficient (Wildman–Crippen LogP) is 15.5. The molecule has 0 spiro atoms. The van der Waals surface area contributed by atoms with Crippen molar-refractivity contribution in [1.82, 2.24) is 0 Å². The summed E-state index contributed by atoms with van der Waals surface area (Å²) < 4.78 is 8.80. The first-order valence-corrected chi connectivity index (χ1v) is 20.6. The summed E-state index contributed by atoms with van der Waals surface area (Å²) in [5, 5.41) is 4.78. The van der Waals surface area contributed by atoms with Crippen LogP contribution in [0.15, 0.2) is 217 Å². The van der Waals surface area contributed by atoms with Crippen molar-refractivity contribution in [3.05, 3.63) is 235 Å². The molecule has 1 aliphatic rings. The van der Waals surface area contributed by atoms with Gasteiger partial charge in [-0.25, -0.2) is 0 Å². The molecule has 0 aliphatic heterocycles. The van der Waals surface area contributed by atoms with Crippen molar-refractivity contribution in [3.8, 4) is 22.3 Å². The smallest absolute Gasteiger partial charge is 0.135 e. The van der Waals surface area contributed by atoms with Gasteiger partial charge in [-0.15, -0.1) is 11.3 Å². The number of fused-ring (bicyclic) bond motifs is 9. The minimum absolute atomic E-state index is 0.428. The average molecular weight is 758 g/mol. The van der Waals surface area contributed by atoms with Gasteiger partial charge in [0.2, 0.25) is 0 Å².